The minimum atomic E-state index is -0.595. The van der Waals surface area contributed by atoms with E-state index in [9.17, 15) is 9.59 Å². The zero-order chi connectivity index (χ0) is 16.8. The summed E-state index contributed by atoms with van der Waals surface area (Å²) >= 11 is 3.41. The molecule has 0 aromatic heterocycles. The molecule has 2 aromatic carbocycles. The fourth-order valence-electron chi connectivity index (χ4n) is 2.06. The van der Waals surface area contributed by atoms with Gasteiger partial charge in [0.25, 0.3) is 11.8 Å². The number of para-hydroxylation sites is 1. The Labute approximate surface area is 143 Å². The number of benzene rings is 2. The number of hydrogen-bond donors (Lipinski definition) is 2. The second kappa shape index (κ2) is 7.78. The SMILES string of the molecule is CC(NC(=O)c1ccccc1OCC(N)=O)c1cccc(Br)c1. The molecular weight excluding hydrogens is 360 g/mol. The summed E-state index contributed by atoms with van der Waals surface area (Å²) in [6.07, 6.45) is 0. The van der Waals surface area contributed by atoms with Gasteiger partial charge < -0.3 is 15.8 Å². The Morgan fingerprint density at radius 2 is 1.96 bits per heavy atom. The lowest BCUT2D eigenvalue weighted by atomic mass is 10.1. The molecule has 5 nitrogen and oxygen atoms in total. The Morgan fingerprint density at radius 3 is 2.65 bits per heavy atom. The third kappa shape index (κ3) is 4.82. The number of amides is 2. The molecule has 0 heterocycles. The van der Waals surface area contributed by atoms with Gasteiger partial charge >= 0.3 is 0 Å². The average molecular weight is 377 g/mol. The zero-order valence-electron chi connectivity index (χ0n) is 12.6. The largest absolute Gasteiger partial charge is 0.483 e. The smallest absolute Gasteiger partial charge is 0.255 e. The molecule has 0 spiro atoms. The van der Waals surface area contributed by atoms with Gasteiger partial charge in [-0.3, -0.25) is 9.59 Å². The van der Waals surface area contributed by atoms with E-state index in [0.717, 1.165) is 10.0 Å². The Balaban J connectivity index is 2.12. The first kappa shape index (κ1) is 17.0. The standard InChI is InChI=1S/C17H17BrN2O3/c1-11(12-5-4-6-13(18)9-12)20-17(22)14-7-2-3-8-15(14)23-10-16(19)21/h2-9,11H,10H2,1H3,(H2,19,21)(H,20,22). The van der Waals surface area contributed by atoms with Crippen LogP contribution in [0.1, 0.15) is 28.9 Å². The van der Waals surface area contributed by atoms with E-state index >= 15 is 0 Å². The number of primary amides is 1. The van der Waals surface area contributed by atoms with Crippen molar-refractivity contribution < 1.29 is 14.3 Å². The maximum atomic E-state index is 12.5. The molecule has 0 radical (unpaired) electrons. The van der Waals surface area contributed by atoms with Crippen molar-refractivity contribution >= 4 is 27.7 Å². The first-order valence-corrected chi connectivity index (χ1v) is 7.83. The van der Waals surface area contributed by atoms with Gasteiger partial charge in [0.15, 0.2) is 6.61 Å². The summed E-state index contributed by atoms with van der Waals surface area (Å²) < 4.78 is 6.23. The normalized spacial score (nSPS) is 11.6. The zero-order valence-corrected chi connectivity index (χ0v) is 14.2. The second-order valence-electron chi connectivity index (χ2n) is 5.00. The van der Waals surface area contributed by atoms with Crippen LogP contribution in [0.4, 0.5) is 0 Å². The molecule has 0 bridgehead atoms. The Morgan fingerprint density at radius 1 is 1.22 bits per heavy atom. The molecule has 0 saturated heterocycles. The van der Waals surface area contributed by atoms with Crippen LogP contribution in [-0.2, 0) is 4.79 Å². The summed E-state index contributed by atoms with van der Waals surface area (Å²) in [6, 6.07) is 14.3. The highest BCUT2D eigenvalue weighted by atomic mass is 79.9. The predicted octanol–water partition coefficient (Wildman–Crippen LogP) is 2.80. The van der Waals surface area contributed by atoms with Crippen molar-refractivity contribution in [3.63, 3.8) is 0 Å². The van der Waals surface area contributed by atoms with Crippen LogP contribution < -0.4 is 15.8 Å². The van der Waals surface area contributed by atoms with Crippen molar-refractivity contribution in [3.05, 3.63) is 64.1 Å². The van der Waals surface area contributed by atoms with Crippen LogP contribution in [0.25, 0.3) is 0 Å². The summed E-state index contributed by atoms with van der Waals surface area (Å²) in [6.45, 7) is 1.62. The number of hydrogen-bond acceptors (Lipinski definition) is 3. The molecule has 2 aromatic rings. The van der Waals surface area contributed by atoms with E-state index in [-0.39, 0.29) is 18.6 Å². The van der Waals surface area contributed by atoms with Crippen LogP contribution in [0.15, 0.2) is 53.0 Å². The number of rotatable bonds is 6. The van der Waals surface area contributed by atoms with Gasteiger partial charge in [-0.25, -0.2) is 0 Å². The highest BCUT2D eigenvalue weighted by molar-refractivity contribution is 9.10. The molecular formula is C17H17BrN2O3. The molecule has 2 amide bonds. The highest BCUT2D eigenvalue weighted by Gasteiger charge is 2.16. The molecule has 120 valence electrons. The van der Waals surface area contributed by atoms with Gasteiger partial charge in [0.1, 0.15) is 5.75 Å². The van der Waals surface area contributed by atoms with Gasteiger partial charge in [0.2, 0.25) is 0 Å². The summed E-state index contributed by atoms with van der Waals surface area (Å²) in [5.74, 6) is -0.550. The maximum Gasteiger partial charge on any atom is 0.255 e. The summed E-state index contributed by atoms with van der Waals surface area (Å²) in [4.78, 5) is 23.3. The van der Waals surface area contributed by atoms with Gasteiger partial charge in [-0.1, -0.05) is 40.2 Å². The number of halogens is 1. The van der Waals surface area contributed by atoms with E-state index in [4.69, 9.17) is 10.5 Å². The first-order chi connectivity index (χ1) is 11.0. The predicted molar refractivity (Wildman–Crippen MR) is 91.2 cm³/mol. The molecule has 6 heteroatoms. The third-order valence-electron chi connectivity index (χ3n) is 3.20. The molecule has 0 saturated carbocycles. The van der Waals surface area contributed by atoms with Gasteiger partial charge in [0, 0.05) is 4.47 Å². The van der Waals surface area contributed by atoms with Crippen molar-refractivity contribution in [2.75, 3.05) is 6.61 Å². The second-order valence-corrected chi connectivity index (χ2v) is 5.92. The molecule has 0 aliphatic rings. The maximum absolute atomic E-state index is 12.5. The Kier molecular flexibility index (Phi) is 5.76. The summed E-state index contributed by atoms with van der Waals surface area (Å²) in [7, 11) is 0. The quantitative estimate of drug-likeness (QED) is 0.812. The number of ether oxygens (including phenoxy) is 1. The van der Waals surface area contributed by atoms with Crippen molar-refractivity contribution in [2.45, 2.75) is 13.0 Å². The van der Waals surface area contributed by atoms with Crippen LogP contribution in [0.3, 0.4) is 0 Å². The third-order valence-corrected chi connectivity index (χ3v) is 3.69. The summed E-state index contributed by atoms with van der Waals surface area (Å²) in [5, 5.41) is 2.91. The van der Waals surface area contributed by atoms with Crippen molar-refractivity contribution in [2.24, 2.45) is 5.73 Å². The fraction of sp³-hybridized carbons (Fsp3) is 0.176. The molecule has 0 aliphatic heterocycles. The molecule has 1 unspecified atom stereocenters. The number of carbonyl (C=O) groups excluding carboxylic acids is 2. The van der Waals surface area contributed by atoms with Gasteiger partial charge in [-0.05, 0) is 36.8 Å². The molecule has 0 aliphatic carbocycles. The van der Waals surface area contributed by atoms with Gasteiger partial charge in [-0.2, -0.15) is 0 Å². The first-order valence-electron chi connectivity index (χ1n) is 7.04. The van der Waals surface area contributed by atoms with E-state index in [1.54, 1.807) is 24.3 Å². The van der Waals surface area contributed by atoms with Crippen LogP contribution in [0, 0.1) is 0 Å². The number of nitrogens with one attached hydrogen (secondary N) is 1. The molecule has 0 fully saturated rings. The molecule has 1 atom stereocenters. The number of nitrogens with two attached hydrogens (primary N) is 1. The fourth-order valence-corrected chi connectivity index (χ4v) is 2.48. The number of carbonyl (C=O) groups is 2. The van der Waals surface area contributed by atoms with Crippen molar-refractivity contribution in [3.8, 4) is 5.75 Å². The lowest BCUT2D eigenvalue weighted by molar-refractivity contribution is -0.119. The monoisotopic (exact) mass is 376 g/mol. The van der Waals surface area contributed by atoms with Gasteiger partial charge in [0.05, 0.1) is 11.6 Å². The van der Waals surface area contributed by atoms with E-state index < -0.39 is 5.91 Å². The Bertz CT molecular complexity index is 718. The van der Waals surface area contributed by atoms with Crippen LogP contribution in [-0.4, -0.2) is 18.4 Å². The minimum absolute atomic E-state index is 0.177. The average Bonchev–Trinajstić information content (AvgIpc) is 2.53. The highest BCUT2D eigenvalue weighted by Crippen LogP contribution is 2.21. The van der Waals surface area contributed by atoms with E-state index in [0.29, 0.717) is 11.3 Å². The van der Waals surface area contributed by atoms with Crippen molar-refractivity contribution in [1.29, 1.82) is 0 Å². The van der Waals surface area contributed by atoms with E-state index in [1.807, 2.05) is 31.2 Å². The van der Waals surface area contributed by atoms with Crippen molar-refractivity contribution in [1.82, 2.24) is 5.32 Å². The lowest BCUT2D eigenvalue weighted by Crippen LogP contribution is -2.28. The molecule has 23 heavy (non-hydrogen) atoms. The van der Waals surface area contributed by atoms with Gasteiger partial charge in [-0.15, -0.1) is 0 Å². The lowest BCUT2D eigenvalue weighted by Gasteiger charge is -2.16. The van der Waals surface area contributed by atoms with Crippen LogP contribution >= 0.6 is 15.9 Å². The summed E-state index contributed by atoms with van der Waals surface area (Å²) in [5.41, 5.74) is 6.40. The molecule has 3 N–H and O–H groups in total. The molecule has 2 rings (SSSR count). The Hall–Kier alpha value is -2.34. The minimum Gasteiger partial charge on any atom is -0.483 e. The van der Waals surface area contributed by atoms with Crippen LogP contribution in [0.2, 0.25) is 0 Å². The topological polar surface area (TPSA) is 81.4 Å². The van der Waals surface area contributed by atoms with E-state index in [1.165, 1.54) is 0 Å². The van der Waals surface area contributed by atoms with Crippen LogP contribution in [0.5, 0.6) is 5.75 Å². The van der Waals surface area contributed by atoms with E-state index in [2.05, 4.69) is 21.2 Å².